The van der Waals surface area contributed by atoms with Gasteiger partial charge in [0.2, 0.25) is 6.79 Å². The molecule has 0 spiro atoms. The zero-order chi connectivity index (χ0) is 18.6. The molecule has 1 N–H and O–H groups in total. The lowest BCUT2D eigenvalue weighted by Crippen LogP contribution is -2.40. The van der Waals surface area contributed by atoms with Crippen LogP contribution in [0, 0.1) is 0 Å². The van der Waals surface area contributed by atoms with E-state index in [-0.39, 0.29) is 18.6 Å². The second-order valence-electron chi connectivity index (χ2n) is 6.36. The summed E-state index contributed by atoms with van der Waals surface area (Å²) in [7, 11) is 0. The third-order valence-electron chi connectivity index (χ3n) is 4.56. The Hall–Kier alpha value is -3.06. The largest absolute Gasteiger partial charge is 0.454 e. The zero-order valence-corrected chi connectivity index (χ0v) is 14.8. The average Bonchev–Trinajstić information content (AvgIpc) is 3.20. The molecular formula is C20H20N2O5. The number of carbonyl (C=O) groups is 2. The lowest BCUT2D eigenvalue weighted by atomic mass is 10.1. The van der Waals surface area contributed by atoms with Gasteiger partial charge in [-0.05, 0) is 35.9 Å². The molecule has 2 aliphatic heterocycles. The minimum Gasteiger partial charge on any atom is -0.454 e. The maximum atomic E-state index is 12.6. The summed E-state index contributed by atoms with van der Waals surface area (Å²) in [6, 6.07) is 12.3. The Morgan fingerprint density at radius 1 is 0.963 bits per heavy atom. The number of fused-ring (bicyclic) bond motifs is 1. The average molecular weight is 368 g/mol. The number of rotatable bonds is 4. The third-order valence-corrected chi connectivity index (χ3v) is 4.56. The van der Waals surface area contributed by atoms with Gasteiger partial charge < -0.3 is 24.4 Å². The van der Waals surface area contributed by atoms with Gasteiger partial charge >= 0.3 is 0 Å². The van der Waals surface area contributed by atoms with Crippen molar-refractivity contribution < 1.29 is 23.8 Å². The van der Waals surface area contributed by atoms with Crippen molar-refractivity contribution in [3.05, 3.63) is 59.2 Å². The fraction of sp³-hybridized carbons (Fsp3) is 0.300. The van der Waals surface area contributed by atoms with Crippen LogP contribution in [-0.4, -0.2) is 49.8 Å². The zero-order valence-electron chi connectivity index (χ0n) is 14.8. The van der Waals surface area contributed by atoms with Gasteiger partial charge in [-0.15, -0.1) is 0 Å². The molecule has 1 fully saturated rings. The van der Waals surface area contributed by atoms with Crippen LogP contribution in [0.1, 0.15) is 26.3 Å². The van der Waals surface area contributed by atoms with Crippen molar-refractivity contribution in [1.82, 2.24) is 10.2 Å². The van der Waals surface area contributed by atoms with Gasteiger partial charge in [0.15, 0.2) is 11.5 Å². The first-order valence-corrected chi connectivity index (χ1v) is 8.84. The fourth-order valence-corrected chi connectivity index (χ4v) is 3.08. The molecule has 7 heteroatoms. The van der Waals surface area contributed by atoms with E-state index in [9.17, 15) is 9.59 Å². The van der Waals surface area contributed by atoms with Gasteiger partial charge in [0.05, 0.1) is 13.2 Å². The van der Waals surface area contributed by atoms with Crippen molar-refractivity contribution in [3.63, 3.8) is 0 Å². The van der Waals surface area contributed by atoms with E-state index in [1.807, 2.05) is 18.2 Å². The molecule has 0 saturated carbocycles. The van der Waals surface area contributed by atoms with Crippen molar-refractivity contribution in [1.29, 1.82) is 0 Å². The van der Waals surface area contributed by atoms with Crippen LogP contribution in [0.2, 0.25) is 0 Å². The van der Waals surface area contributed by atoms with Gasteiger partial charge in [0.25, 0.3) is 11.8 Å². The predicted molar refractivity (Wildman–Crippen MR) is 96.9 cm³/mol. The quantitative estimate of drug-likeness (QED) is 0.891. The second kappa shape index (κ2) is 7.67. The van der Waals surface area contributed by atoms with E-state index >= 15 is 0 Å². The summed E-state index contributed by atoms with van der Waals surface area (Å²) in [5, 5.41) is 2.87. The smallest absolute Gasteiger partial charge is 0.254 e. The van der Waals surface area contributed by atoms with E-state index in [1.54, 1.807) is 29.2 Å². The minimum absolute atomic E-state index is 0.0799. The molecule has 2 aliphatic rings. The molecule has 2 aromatic rings. The first-order chi connectivity index (χ1) is 13.2. The molecule has 0 aliphatic carbocycles. The highest BCUT2D eigenvalue weighted by Crippen LogP contribution is 2.32. The van der Waals surface area contributed by atoms with Gasteiger partial charge in [-0.3, -0.25) is 9.59 Å². The summed E-state index contributed by atoms with van der Waals surface area (Å²) in [6.07, 6.45) is 0. The highest BCUT2D eigenvalue weighted by molar-refractivity contribution is 5.99. The molecule has 0 unspecified atom stereocenters. The maximum absolute atomic E-state index is 12.6. The first-order valence-electron chi connectivity index (χ1n) is 8.84. The van der Waals surface area contributed by atoms with Crippen LogP contribution in [0.15, 0.2) is 42.5 Å². The monoisotopic (exact) mass is 368 g/mol. The Morgan fingerprint density at radius 2 is 1.74 bits per heavy atom. The van der Waals surface area contributed by atoms with E-state index in [2.05, 4.69) is 5.32 Å². The minimum atomic E-state index is -0.232. The highest BCUT2D eigenvalue weighted by atomic mass is 16.7. The molecule has 140 valence electrons. The van der Waals surface area contributed by atoms with E-state index in [4.69, 9.17) is 14.2 Å². The topological polar surface area (TPSA) is 77.1 Å². The van der Waals surface area contributed by atoms with Crippen LogP contribution >= 0.6 is 0 Å². The lowest BCUT2D eigenvalue weighted by molar-refractivity contribution is 0.0303. The Labute approximate surface area is 156 Å². The van der Waals surface area contributed by atoms with Crippen molar-refractivity contribution in [2.24, 2.45) is 0 Å². The number of hydrogen-bond acceptors (Lipinski definition) is 5. The Kier molecular flexibility index (Phi) is 4.93. The van der Waals surface area contributed by atoms with Crippen LogP contribution in [0.4, 0.5) is 0 Å². The summed E-state index contributed by atoms with van der Waals surface area (Å²) >= 11 is 0. The summed E-state index contributed by atoms with van der Waals surface area (Å²) in [5.74, 6) is 1.08. The van der Waals surface area contributed by atoms with Gasteiger partial charge in [-0.25, -0.2) is 0 Å². The second-order valence-corrected chi connectivity index (χ2v) is 6.36. The van der Waals surface area contributed by atoms with Crippen LogP contribution < -0.4 is 14.8 Å². The summed E-state index contributed by atoms with van der Waals surface area (Å²) in [5.41, 5.74) is 1.87. The van der Waals surface area contributed by atoms with Crippen LogP contribution in [0.5, 0.6) is 11.5 Å². The molecule has 1 saturated heterocycles. The predicted octanol–water partition coefficient (Wildman–Crippen LogP) is 1.82. The molecule has 4 rings (SSSR count). The SMILES string of the molecule is O=C(NCc1ccc2c(c1)OCO2)c1cccc(C(=O)N2CCOCC2)c1. The lowest BCUT2D eigenvalue weighted by Gasteiger charge is -2.27. The molecule has 0 aromatic heterocycles. The van der Waals surface area contributed by atoms with Crippen molar-refractivity contribution >= 4 is 11.8 Å². The van der Waals surface area contributed by atoms with Gasteiger partial charge in [0, 0.05) is 30.8 Å². The highest BCUT2D eigenvalue weighted by Gasteiger charge is 2.19. The summed E-state index contributed by atoms with van der Waals surface area (Å²) in [4.78, 5) is 26.8. The van der Waals surface area contributed by atoms with Crippen molar-refractivity contribution in [2.45, 2.75) is 6.54 Å². The number of benzene rings is 2. The van der Waals surface area contributed by atoms with Crippen LogP contribution in [-0.2, 0) is 11.3 Å². The van der Waals surface area contributed by atoms with E-state index in [0.29, 0.717) is 55.5 Å². The molecule has 2 aromatic carbocycles. The number of nitrogens with zero attached hydrogens (tertiary/aromatic N) is 1. The van der Waals surface area contributed by atoms with Gasteiger partial charge in [-0.2, -0.15) is 0 Å². The number of morpholine rings is 1. The molecule has 0 radical (unpaired) electrons. The summed E-state index contributed by atoms with van der Waals surface area (Å²) < 4.78 is 15.9. The molecule has 7 nitrogen and oxygen atoms in total. The van der Waals surface area contributed by atoms with Crippen LogP contribution in [0.3, 0.4) is 0 Å². The van der Waals surface area contributed by atoms with Crippen LogP contribution in [0.25, 0.3) is 0 Å². The van der Waals surface area contributed by atoms with Gasteiger partial charge in [0.1, 0.15) is 0 Å². The molecule has 27 heavy (non-hydrogen) atoms. The molecular weight excluding hydrogens is 348 g/mol. The number of hydrogen-bond donors (Lipinski definition) is 1. The Morgan fingerprint density at radius 3 is 2.59 bits per heavy atom. The number of ether oxygens (including phenoxy) is 3. The molecule has 2 heterocycles. The van der Waals surface area contributed by atoms with E-state index in [0.717, 1.165) is 5.56 Å². The third kappa shape index (κ3) is 3.88. The number of carbonyl (C=O) groups excluding carboxylic acids is 2. The maximum Gasteiger partial charge on any atom is 0.254 e. The molecule has 0 bridgehead atoms. The first kappa shape index (κ1) is 17.4. The van der Waals surface area contributed by atoms with Gasteiger partial charge in [-0.1, -0.05) is 12.1 Å². The molecule has 0 atom stereocenters. The fourth-order valence-electron chi connectivity index (χ4n) is 3.08. The standard InChI is InChI=1S/C20H20N2O5/c23-19(21-12-14-4-5-17-18(10-14)27-13-26-17)15-2-1-3-16(11-15)20(24)22-6-8-25-9-7-22/h1-5,10-11H,6-9,12-13H2,(H,21,23). The summed E-state index contributed by atoms with van der Waals surface area (Å²) in [6.45, 7) is 2.80. The van der Waals surface area contributed by atoms with E-state index in [1.165, 1.54) is 0 Å². The molecule has 2 amide bonds. The van der Waals surface area contributed by atoms with E-state index < -0.39 is 0 Å². The normalized spacial score (nSPS) is 15.5. The number of amides is 2. The number of nitrogens with one attached hydrogen (secondary N) is 1. The van der Waals surface area contributed by atoms with Crippen molar-refractivity contribution in [2.75, 3.05) is 33.1 Å². The Bertz CT molecular complexity index is 861. The van der Waals surface area contributed by atoms with Crippen molar-refractivity contribution in [3.8, 4) is 11.5 Å². The Balaban J connectivity index is 1.40.